The zero-order valence-corrected chi connectivity index (χ0v) is 7.60. The first-order chi connectivity index (χ1) is 6.46. The van der Waals surface area contributed by atoms with Gasteiger partial charge >= 0.3 is 6.18 Å². The van der Waals surface area contributed by atoms with Gasteiger partial charge in [-0.05, 0) is 18.6 Å². The average Bonchev–Trinajstić information content (AvgIpc) is 2.15. The van der Waals surface area contributed by atoms with Gasteiger partial charge in [0.1, 0.15) is 0 Å². The molecule has 0 aromatic heterocycles. The van der Waals surface area contributed by atoms with Crippen molar-refractivity contribution in [1.82, 2.24) is 5.43 Å². The van der Waals surface area contributed by atoms with E-state index in [9.17, 15) is 13.2 Å². The van der Waals surface area contributed by atoms with Gasteiger partial charge in [-0.25, -0.2) is 0 Å². The standard InChI is InChI=1S/C9H11F3N2/c1-6(14-13)7-4-2-3-5-8(7)9(10,11)12/h2-6,14H,13H2,1H3. The number of nitrogens with one attached hydrogen (secondary N) is 1. The van der Waals surface area contributed by atoms with Crippen molar-refractivity contribution in [3.8, 4) is 0 Å². The molecule has 0 aliphatic rings. The van der Waals surface area contributed by atoms with Crippen LogP contribution in [0.25, 0.3) is 0 Å². The third kappa shape index (κ3) is 2.24. The van der Waals surface area contributed by atoms with Gasteiger partial charge in [-0.1, -0.05) is 18.2 Å². The first kappa shape index (κ1) is 11.0. The summed E-state index contributed by atoms with van der Waals surface area (Å²) in [7, 11) is 0. The van der Waals surface area contributed by atoms with Crippen LogP contribution in [0.5, 0.6) is 0 Å². The van der Waals surface area contributed by atoms with E-state index in [4.69, 9.17) is 5.84 Å². The Balaban J connectivity index is 3.16. The molecular formula is C9H11F3N2. The van der Waals surface area contributed by atoms with E-state index in [1.807, 2.05) is 0 Å². The Morgan fingerprint density at radius 1 is 1.29 bits per heavy atom. The molecule has 5 heteroatoms. The smallest absolute Gasteiger partial charge is 0.271 e. The number of benzene rings is 1. The van der Waals surface area contributed by atoms with Crippen LogP contribution < -0.4 is 11.3 Å². The Bertz CT molecular complexity index is 309. The second-order valence-corrected chi connectivity index (χ2v) is 2.97. The largest absolute Gasteiger partial charge is 0.416 e. The van der Waals surface area contributed by atoms with Gasteiger partial charge in [-0.2, -0.15) is 13.2 Å². The van der Waals surface area contributed by atoms with E-state index in [2.05, 4.69) is 5.43 Å². The summed E-state index contributed by atoms with van der Waals surface area (Å²) in [6.07, 6.45) is -4.33. The van der Waals surface area contributed by atoms with Crippen LogP contribution >= 0.6 is 0 Å². The number of rotatable bonds is 2. The number of hydrogen-bond donors (Lipinski definition) is 2. The fraction of sp³-hybridized carbons (Fsp3) is 0.333. The molecule has 1 unspecified atom stereocenters. The van der Waals surface area contributed by atoms with Crippen LogP contribution in [0.3, 0.4) is 0 Å². The van der Waals surface area contributed by atoms with Crippen LogP contribution in [0.4, 0.5) is 13.2 Å². The van der Waals surface area contributed by atoms with E-state index in [1.54, 1.807) is 13.0 Å². The van der Waals surface area contributed by atoms with Crippen molar-refractivity contribution < 1.29 is 13.2 Å². The predicted molar refractivity (Wildman–Crippen MR) is 47.2 cm³/mol. The first-order valence-corrected chi connectivity index (χ1v) is 4.09. The molecule has 1 atom stereocenters. The zero-order chi connectivity index (χ0) is 10.8. The highest BCUT2D eigenvalue weighted by atomic mass is 19.4. The summed E-state index contributed by atoms with van der Waals surface area (Å²) in [6, 6.07) is 4.85. The van der Waals surface area contributed by atoms with Crippen molar-refractivity contribution in [3.63, 3.8) is 0 Å². The maximum Gasteiger partial charge on any atom is 0.416 e. The molecule has 1 aromatic carbocycles. The number of hydrogen-bond acceptors (Lipinski definition) is 2. The maximum atomic E-state index is 12.5. The summed E-state index contributed by atoms with van der Waals surface area (Å²) in [5.41, 5.74) is 1.80. The Kier molecular flexibility index (Phi) is 3.13. The number of hydrazine groups is 1. The minimum absolute atomic E-state index is 0.155. The second kappa shape index (κ2) is 3.98. The molecule has 2 nitrogen and oxygen atoms in total. The van der Waals surface area contributed by atoms with Crippen molar-refractivity contribution in [2.75, 3.05) is 0 Å². The van der Waals surface area contributed by atoms with Gasteiger partial charge in [0.25, 0.3) is 0 Å². The van der Waals surface area contributed by atoms with Crippen molar-refractivity contribution in [3.05, 3.63) is 35.4 Å². The van der Waals surface area contributed by atoms with Gasteiger partial charge in [0.15, 0.2) is 0 Å². The van der Waals surface area contributed by atoms with Gasteiger partial charge in [0, 0.05) is 6.04 Å². The summed E-state index contributed by atoms with van der Waals surface area (Å²) < 4.78 is 37.4. The van der Waals surface area contributed by atoms with Gasteiger partial charge in [0.2, 0.25) is 0 Å². The molecular weight excluding hydrogens is 193 g/mol. The van der Waals surface area contributed by atoms with Crippen LogP contribution in [-0.4, -0.2) is 0 Å². The first-order valence-electron chi connectivity index (χ1n) is 4.09. The third-order valence-electron chi connectivity index (χ3n) is 1.98. The molecule has 0 aliphatic carbocycles. The maximum absolute atomic E-state index is 12.5. The summed E-state index contributed by atoms with van der Waals surface area (Å²) in [5, 5.41) is 0. The van der Waals surface area contributed by atoms with Crippen molar-refractivity contribution in [1.29, 1.82) is 0 Å². The van der Waals surface area contributed by atoms with Gasteiger partial charge in [-0.3, -0.25) is 11.3 Å². The number of nitrogens with two attached hydrogens (primary N) is 1. The third-order valence-corrected chi connectivity index (χ3v) is 1.98. The number of halogens is 3. The molecule has 0 bridgehead atoms. The second-order valence-electron chi connectivity index (χ2n) is 2.97. The minimum Gasteiger partial charge on any atom is -0.271 e. The number of alkyl halides is 3. The molecule has 0 saturated carbocycles. The van der Waals surface area contributed by atoms with Crippen LogP contribution in [0.2, 0.25) is 0 Å². The van der Waals surface area contributed by atoms with Crippen LogP contribution in [0.1, 0.15) is 24.1 Å². The van der Waals surface area contributed by atoms with Gasteiger partial charge < -0.3 is 0 Å². The van der Waals surface area contributed by atoms with E-state index < -0.39 is 17.8 Å². The van der Waals surface area contributed by atoms with E-state index in [0.717, 1.165) is 6.07 Å². The Labute approximate surface area is 79.9 Å². The van der Waals surface area contributed by atoms with Crippen molar-refractivity contribution in [2.24, 2.45) is 5.84 Å². The van der Waals surface area contributed by atoms with Crippen molar-refractivity contribution >= 4 is 0 Å². The fourth-order valence-corrected chi connectivity index (χ4v) is 1.22. The lowest BCUT2D eigenvalue weighted by Crippen LogP contribution is -2.27. The summed E-state index contributed by atoms with van der Waals surface area (Å²) >= 11 is 0. The molecule has 0 radical (unpaired) electrons. The fourth-order valence-electron chi connectivity index (χ4n) is 1.22. The highest BCUT2D eigenvalue weighted by Crippen LogP contribution is 2.33. The summed E-state index contributed by atoms with van der Waals surface area (Å²) in [4.78, 5) is 0. The van der Waals surface area contributed by atoms with Gasteiger partial charge in [-0.15, -0.1) is 0 Å². The molecule has 3 N–H and O–H groups in total. The topological polar surface area (TPSA) is 38.0 Å². The predicted octanol–water partition coefficient (Wildman–Crippen LogP) is 2.23. The lowest BCUT2D eigenvalue weighted by Gasteiger charge is -2.17. The summed E-state index contributed by atoms with van der Waals surface area (Å²) in [5.74, 6) is 5.10. The van der Waals surface area contributed by atoms with E-state index >= 15 is 0 Å². The average molecular weight is 204 g/mol. The van der Waals surface area contributed by atoms with Crippen LogP contribution in [0.15, 0.2) is 24.3 Å². The van der Waals surface area contributed by atoms with Crippen LogP contribution in [-0.2, 0) is 6.18 Å². The molecule has 1 aromatic rings. The SMILES string of the molecule is CC(NN)c1ccccc1C(F)(F)F. The molecule has 78 valence electrons. The molecule has 0 fully saturated rings. The van der Waals surface area contributed by atoms with E-state index in [-0.39, 0.29) is 5.56 Å². The van der Waals surface area contributed by atoms with Gasteiger partial charge in [0.05, 0.1) is 5.56 Å². The Hall–Kier alpha value is -1.07. The molecule has 0 spiro atoms. The summed E-state index contributed by atoms with van der Waals surface area (Å²) in [6.45, 7) is 1.57. The lowest BCUT2D eigenvalue weighted by atomic mass is 10.0. The molecule has 1 rings (SSSR count). The quantitative estimate of drug-likeness (QED) is 0.572. The normalized spacial score (nSPS) is 14.1. The monoisotopic (exact) mass is 204 g/mol. The molecule has 0 saturated heterocycles. The lowest BCUT2D eigenvalue weighted by molar-refractivity contribution is -0.138. The molecule has 14 heavy (non-hydrogen) atoms. The molecule has 0 heterocycles. The Morgan fingerprint density at radius 3 is 2.36 bits per heavy atom. The highest BCUT2D eigenvalue weighted by Gasteiger charge is 2.33. The van der Waals surface area contributed by atoms with E-state index in [0.29, 0.717) is 0 Å². The highest BCUT2D eigenvalue weighted by molar-refractivity contribution is 5.31. The molecule has 0 aliphatic heterocycles. The zero-order valence-electron chi connectivity index (χ0n) is 7.60. The molecule has 0 amide bonds. The Morgan fingerprint density at radius 2 is 1.86 bits per heavy atom. The van der Waals surface area contributed by atoms with Crippen LogP contribution in [0, 0.1) is 0 Å². The minimum atomic E-state index is -4.33. The van der Waals surface area contributed by atoms with E-state index in [1.165, 1.54) is 12.1 Å². The van der Waals surface area contributed by atoms with Crippen molar-refractivity contribution in [2.45, 2.75) is 19.1 Å².